The summed E-state index contributed by atoms with van der Waals surface area (Å²) in [6, 6.07) is 10.5. The van der Waals surface area contributed by atoms with Crippen molar-refractivity contribution in [1.82, 2.24) is 4.98 Å². The Morgan fingerprint density at radius 1 is 1.00 bits per heavy atom. The molecule has 0 spiro atoms. The Labute approximate surface area is 136 Å². The number of aromatic amines is 1. The van der Waals surface area contributed by atoms with Crippen LogP contribution in [0.3, 0.4) is 0 Å². The number of H-pyrrole nitrogens is 1. The number of fused-ring (bicyclic) bond motifs is 1. The third-order valence-electron chi connectivity index (χ3n) is 4.35. The van der Waals surface area contributed by atoms with Crippen LogP contribution >= 0.6 is 0 Å². The molecule has 0 aliphatic rings. The second-order valence-electron chi connectivity index (χ2n) is 6.37. The zero-order valence-corrected chi connectivity index (χ0v) is 13.9. The highest BCUT2D eigenvalue weighted by Gasteiger charge is 2.18. The van der Waals surface area contributed by atoms with Gasteiger partial charge in [0.15, 0.2) is 0 Å². The first-order valence-corrected chi connectivity index (χ1v) is 7.78. The first-order valence-electron chi connectivity index (χ1n) is 7.78. The zero-order chi connectivity index (χ0) is 16.7. The van der Waals surface area contributed by atoms with Gasteiger partial charge in [-0.1, -0.05) is 29.3 Å². The lowest BCUT2D eigenvalue weighted by Gasteiger charge is -2.08. The van der Waals surface area contributed by atoms with Crippen LogP contribution in [-0.4, -0.2) is 16.1 Å². The van der Waals surface area contributed by atoms with E-state index in [1.54, 1.807) is 0 Å². The third kappa shape index (κ3) is 2.74. The standard InChI is InChI=1S/C20H21NO2/c1-11-5-6-13(3)15(8-11)20-17(10-18(22)23)16-9-12(2)7-14(4)19(16)21-20/h5-9,21H,10H2,1-4H3,(H,22,23). The lowest BCUT2D eigenvalue weighted by atomic mass is 9.97. The van der Waals surface area contributed by atoms with Gasteiger partial charge in [0.1, 0.15) is 0 Å². The Balaban J connectivity index is 2.37. The van der Waals surface area contributed by atoms with Crippen LogP contribution in [0.2, 0.25) is 0 Å². The average Bonchev–Trinajstić information content (AvgIpc) is 2.80. The van der Waals surface area contributed by atoms with E-state index in [0.29, 0.717) is 0 Å². The van der Waals surface area contributed by atoms with E-state index in [9.17, 15) is 9.90 Å². The van der Waals surface area contributed by atoms with Crippen molar-refractivity contribution >= 4 is 16.9 Å². The molecule has 3 heteroatoms. The van der Waals surface area contributed by atoms with Gasteiger partial charge in [-0.2, -0.15) is 0 Å². The molecule has 0 saturated heterocycles. The molecule has 0 aliphatic heterocycles. The second-order valence-corrected chi connectivity index (χ2v) is 6.37. The predicted octanol–water partition coefficient (Wildman–Crippen LogP) is 4.70. The van der Waals surface area contributed by atoms with E-state index in [1.807, 2.05) is 6.92 Å². The summed E-state index contributed by atoms with van der Waals surface area (Å²) in [7, 11) is 0. The van der Waals surface area contributed by atoms with Crippen molar-refractivity contribution in [3.8, 4) is 11.3 Å². The van der Waals surface area contributed by atoms with Crippen LogP contribution in [0.15, 0.2) is 30.3 Å². The molecule has 0 bridgehead atoms. The molecule has 3 nitrogen and oxygen atoms in total. The van der Waals surface area contributed by atoms with Gasteiger partial charge in [-0.3, -0.25) is 4.79 Å². The van der Waals surface area contributed by atoms with E-state index in [4.69, 9.17) is 0 Å². The fraction of sp³-hybridized carbons (Fsp3) is 0.250. The van der Waals surface area contributed by atoms with Gasteiger partial charge in [-0.25, -0.2) is 0 Å². The molecule has 0 atom stereocenters. The molecule has 0 fully saturated rings. The van der Waals surface area contributed by atoms with Gasteiger partial charge in [0.25, 0.3) is 0 Å². The molecule has 2 N–H and O–H groups in total. The van der Waals surface area contributed by atoms with Gasteiger partial charge in [0.05, 0.1) is 12.1 Å². The molecule has 1 heterocycles. The molecule has 0 saturated carbocycles. The van der Waals surface area contributed by atoms with E-state index in [-0.39, 0.29) is 6.42 Å². The summed E-state index contributed by atoms with van der Waals surface area (Å²) < 4.78 is 0. The van der Waals surface area contributed by atoms with Crippen molar-refractivity contribution in [1.29, 1.82) is 0 Å². The van der Waals surface area contributed by atoms with Gasteiger partial charge in [0.2, 0.25) is 0 Å². The SMILES string of the molecule is Cc1ccc(C)c(-c2[nH]c3c(C)cc(C)cc3c2CC(=O)O)c1. The smallest absolute Gasteiger partial charge is 0.307 e. The minimum atomic E-state index is -0.809. The molecule has 0 unspecified atom stereocenters. The van der Waals surface area contributed by atoms with Crippen molar-refractivity contribution in [2.24, 2.45) is 0 Å². The molecule has 3 aromatic rings. The second kappa shape index (κ2) is 5.58. The van der Waals surface area contributed by atoms with Crippen LogP contribution in [0.1, 0.15) is 27.8 Å². The Hall–Kier alpha value is -2.55. The third-order valence-corrected chi connectivity index (χ3v) is 4.35. The van der Waals surface area contributed by atoms with Gasteiger partial charge in [-0.15, -0.1) is 0 Å². The highest BCUT2D eigenvalue weighted by atomic mass is 16.4. The molecule has 23 heavy (non-hydrogen) atoms. The van der Waals surface area contributed by atoms with Gasteiger partial charge in [-0.05, 0) is 56.5 Å². The lowest BCUT2D eigenvalue weighted by molar-refractivity contribution is -0.136. The van der Waals surface area contributed by atoms with Crippen molar-refractivity contribution in [3.05, 3.63) is 58.1 Å². The maximum Gasteiger partial charge on any atom is 0.307 e. The Kier molecular flexibility index (Phi) is 3.72. The predicted molar refractivity (Wildman–Crippen MR) is 94.0 cm³/mol. The van der Waals surface area contributed by atoms with E-state index in [0.717, 1.165) is 44.4 Å². The number of carboxylic acid groups (broad SMARTS) is 1. The number of aliphatic carboxylic acids is 1. The zero-order valence-electron chi connectivity index (χ0n) is 13.9. The van der Waals surface area contributed by atoms with Crippen molar-refractivity contribution < 1.29 is 9.90 Å². The van der Waals surface area contributed by atoms with E-state index in [1.165, 1.54) is 5.56 Å². The number of benzene rings is 2. The van der Waals surface area contributed by atoms with Crippen LogP contribution in [0.25, 0.3) is 22.2 Å². The maximum absolute atomic E-state index is 11.4. The van der Waals surface area contributed by atoms with E-state index >= 15 is 0 Å². The van der Waals surface area contributed by atoms with Crippen LogP contribution in [0.5, 0.6) is 0 Å². The first kappa shape index (κ1) is 15.3. The van der Waals surface area contributed by atoms with Crippen LogP contribution < -0.4 is 0 Å². The summed E-state index contributed by atoms with van der Waals surface area (Å²) in [6.07, 6.45) is 0.0195. The van der Waals surface area contributed by atoms with Crippen molar-refractivity contribution in [3.63, 3.8) is 0 Å². The topological polar surface area (TPSA) is 53.1 Å². The molecule has 1 aromatic heterocycles. The quantitative estimate of drug-likeness (QED) is 0.737. The summed E-state index contributed by atoms with van der Waals surface area (Å²) in [4.78, 5) is 14.9. The van der Waals surface area contributed by atoms with Gasteiger partial charge in [0, 0.05) is 16.5 Å². The highest BCUT2D eigenvalue weighted by molar-refractivity contribution is 5.96. The molecule has 118 valence electrons. The first-order chi connectivity index (χ1) is 10.9. The average molecular weight is 307 g/mol. The number of nitrogens with one attached hydrogen (secondary N) is 1. The largest absolute Gasteiger partial charge is 0.481 e. The van der Waals surface area contributed by atoms with Gasteiger partial charge >= 0.3 is 5.97 Å². The van der Waals surface area contributed by atoms with Crippen molar-refractivity contribution in [2.45, 2.75) is 34.1 Å². The molecule has 2 aromatic carbocycles. The number of carbonyl (C=O) groups is 1. The number of aryl methyl sites for hydroxylation is 4. The normalized spacial score (nSPS) is 11.1. The molecular weight excluding hydrogens is 286 g/mol. The summed E-state index contributed by atoms with van der Waals surface area (Å²) in [5.74, 6) is -0.809. The summed E-state index contributed by atoms with van der Waals surface area (Å²) in [5.41, 5.74) is 8.50. The monoisotopic (exact) mass is 307 g/mol. The number of hydrogen-bond donors (Lipinski definition) is 2. The fourth-order valence-corrected chi connectivity index (χ4v) is 3.28. The van der Waals surface area contributed by atoms with Crippen LogP contribution in [0.4, 0.5) is 0 Å². The fourth-order valence-electron chi connectivity index (χ4n) is 3.28. The Morgan fingerprint density at radius 3 is 2.43 bits per heavy atom. The number of hydrogen-bond acceptors (Lipinski definition) is 1. The minimum absolute atomic E-state index is 0.0195. The lowest BCUT2D eigenvalue weighted by Crippen LogP contribution is -2.01. The number of carboxylic acids is 1. The Morgan fingerprint density at radius 2 is 1.74 bits per heavy atom. The van der Waals surface area contributed by atoms with E-state index < -0.39 is 5.97 Å². The number of aromatic nitrogens is 1. The molecule has 3 rings (SSSR count). The summed E-state index contributed by atoms with van der Waals surface area (Å²) in [6.45, 7) is 8.21. The maximum atomic E-state index is 11.4. The highest BCUT2D eigenvalue weighted by Crippen LogP contribution is 2.35. The molecule has 0 aliphatic carbocycles. The summed E-state index contributed by atoms with van der Waals surface area (Å²) in [5, 5.41) is 10.4. The van der Waals surface area contributed by atoms with Gasteiger partial charge < -0.3 is 10.1 Å². The van der Waals surface area contributed by atoms with E-state index in [2.05, 4.69) is 56.1 Å². The Bertz CT molecular complexity index is 919. The van der Waals surface area contributed by atoms with Crippen LogP contribution in [-0.2, 0) is 11.2 Å². The van der Waals surface area contributed by atoms with Crippen LogP contribution in [0, 0.1) is 27.7 Å². The molecule has 0 amide bonds. The summed E-state index contributed by atoms with van der Waals surface area (Å²) >= 11 is 0. The molecular formula is C20H21NO2. The van der Waals surface area contributed by atoms with Crippen molar-refractivity contribution in [2.75, 3.05) is 0 Å². The molecule has 0 radical (unpaired) electrons. The number of rotatable bonds is 3. The minimum Gasteiger partial charge on any atom is -0.481 e.